The van der Waals surface area contributed by atoms with Crippen molar-refractivity contribution < 1.29 is 0 Å². The Morgan fingerprint density at radius 2 is 1.02 bits per heavy atom. The average Bonchev–Trinajstić information content (AvgIpc) is 3.53. The highest BCUT2D eigenvalue weighted by atomic mass is 15.0. The first-order valence-electron chi connectivity index (χ1n) is 13.7. The van der Waals surface area contributed by atoms with Crippen LogP contribution in [-0.4, -0.2) is 24.3 Å². The summed E-state index contributed by atoms with van der Waals surface area (Å²) in [6.45, 7) is 0. The van der Waals surface area contributed by atoms with Gasteiger partial charge in [-0.25, -0.2) is 0 Å². The van der Waals surface area contributed by atoms with E-state index in [9.17, 15) is 0 Å². The first-order valence-corrected chi connectivity index (χ1v) is 13.7. The summed E-state index contributed by atoms with van der Waals surface area (Å²) in [7, 11) is 9.11. The van der Waals surface area contributed by atoms with Crippen LogP contribution in [0.4, 0.5) is 0 Å². The second kappa shape index (κ2) is 8.03. The quantitative estimate of drug-likeness (QED) is 0.245. The van der Waals surface area contributed by atoms with Crippen LogP contribution in [-0.2, 0) is 0 Å². The number of fused-ring (bicyclic) bond motifs is 8. The van der Waals surface area contributed by atoms with E-state index in [0.29, 0.717) is 0 Å². The number of aromatic nitrogens is 2. The predicted octanol–water partition coefficient (Wildman–Crippen LogP) is 6.31. The molecular weight excluding hydrogens is 482 g/mol. The Kier molecular flexibility index (Phi) is 4.40. The van der Waals surface area contributed by atoms with E-state index in [2.05, 4.69) is 138 Å². The van der Waals surface area contributed by atoms with Gasteiger partial charge in [0, 0.05) is 44.0 Å². The van der Waals surface area contributed by atoms with Crippen molar-refractivity contribution in [1.82, 2.24) is 9.13 Å². The van der Waals surface area contributed by atoms with E-state index >= 15 is 0 Å². The van der Waals surface area contributed by atoms with Crippen LogP contribution in [0.3, 0.4) is 0 Å². The Balaban J connectivity index is 1.49. The zero-order valence-electron chi connectivity index (χ0n) is 21.7. The minimum absolute atomic E-state index is 0.776. The van der Waals surface area contributed by atoms with Gasteiger partial charge in [0.15, 0.2) is 7.28 Å². The predicted molar refractivity (Wildman–Crippen MR) is 171 cm³/mol. The van der Waals surface area contributed by atoms with Gasteiger partial charge in [-0.2, -0.15) is 0 Å². The lowest BCUT2D eigenvalue weighted by Gasteiger charge is -2.26. The molecule has 0 bridgehead atoms. The summed E-state index contributed by atoms with van der Waals surface area (Å²) in [5.41, 5.74) is 12.5. The van der Waals surface area contributed by atoms with Gasteiger partial charge >= 0.3 is 0 Å². The van der Waals surface area contributed by atoms with E-state index in [0.717, 1.165) is 22.2 Å². The van der Waals surface area contributed by atoms with Gasteiger partial charge in [0.05, 0.1) is 11.0 Å². The van der Waals surface area contributed by atoms with Crippen molar-refractivity contribution >= 4 is 75.1 Å². The number of hydrogen-bond donors (Lipinski definition) is 0. The van der Waals surface area contributed by atoms with Crippen LogP contribution in [0.15, 0.2) is 127 Å². The van der Waals surface area contributed by atoms with Crippen LogP contribution in [0.25, 0.3) is 66.1 Å². The molecule has 3 radical (unpaired) electrons. The average molecular weight is 503 g/mol. The van der Waals surface area contributed by atoms with Crippen molar-refractivity contribution in [1.29, 1.82) is 0 Å². The smallest absolute Gasteiger partial charge is 0.199 e. The van der Waals surface area contributed by atoms with Crippen molar-refractivity contribution in [3.05, 3.63) is 127 Å². The van der Waals surface area contributed by atoms with Crippen molar-refractivity contribution in [3.8, 4) is 22.5 Å². The minimum atomic E-state index is 0.776. The van der Waals surface area contributed by atoms with Crippen LogP contribution < -0.4 is 16.4 Å². The van der Waals surface area contributed by atoms with Gasteiger partial charge in [0.1, 0.15) is 7.85 Å². The molecule has 1 aliphatic heterocycles. The van der Waals surface area contributed by atoms with E-state index in [1.165, 1.54) is 60.3 Å². The third kappa shape index (κ3) is 2.85. The Morgan fingerprint density at radius 3 is 1.73 bits per heavy atom. The molecule has 0 amide bonds. The van der Waals surface area contributed by atoms with Gasteiger partial charge in [-0.3, -0.25) is 0 Å². The molecule has 2 aromatic heterocycles. The molecule has 181 valence electrons. The lowest BCUT2D eigenvalue weighted by molar-refractivity contribution is 1.15. The van der Waals surface area contributed by atoms with Crippen molar-refractivity contribution in [2.75, 3.05) is 0 Å². The minimum Gasteiger partial charge on any atom is -0.310 e. The molecule has 0 aliphatic carbocycles. The van der Waals surface area contributed by atoms with Crippen LogP contribution >= 0.6 is 0 Å². The molecule has 8 aromatic rings. The first kappa shape index (κ1) is 21.9. The summed E-state index contributed by atoms with van der Waals surface area (Å²) in [6, 6.07) is 45.6. The Morgan fingerprint density at radius 1 is 0.475 bits per heavy atom. The molecule has 40 heavy (non-hydrogen) atoms. The maximum Gasteiger partial charge on any atom is 0.199 e. The van der Waals surface area contributed by atoms with Crippen molar-refractivity contribution in [2.45, 2.75) is 0 Å². The fourth-order valence-electron chi connectivity index (χ4n) is 6.80. The van der Waals surface area contributed by atoms with E-state index in [1.807, 2.05) is 6.07 Å². The van der Waals surface area contributed by atoms with Crippen LogP contribution in [0, 0.1) is 0 Å². The highest BCUT2D eigenvalue weighted by molar-refractivity contribution is 6.73. The largest absolute Gasteiger partial charge is 0.310 e. The Labute approximate surface area is 233 Å². The SMILES string of the molecule is [B]c1cccc2c3ccccc3n(-c3cc(-c4ccccc4)cc4c3[B]c3cccc5c6ccccc6n-4c35)c12. The van der Waals surface area contributed by atoms with Crippen LogP contribution in [0.2, 0.25) is 0 Å². The standard InChI is InChI=1S/C36H21B2N2/c37-28-16-8-14-26-24-12-4-6-18-30(24)39(35(26)28)32-20-23(22-10-2-1-3-11-22)21-33-34(32)38-29-17-9-15-27-25-13-5-7-19-31(25)40(33)36(27)29/h1-21H. The molecule has 0 spiro atoms. The Bertz CT molecular complexity index is 2310. The third-order valence-corrected chi connectivity index (χ3v) is 8.48. The van der Waals surface area contributed by atoms with Gasteiger partial charge in [-0.15, -0.1) is 0 Å². The molecule has 1 aliphatic rings. The van der Waals surface area contributed by atoms with Crippen LogP contribution in [0.5, 0.6) is 0 Å². The number of benzene rings is 6. The molecule has 0 saturated carbocycles. The third-order valence-electron chi connectivity index (χ3n) is 8.48. The van der Waals surface area contributed by atoms with Gasteiger partial charge in [0.25, 0.3) is 0 Å². The highest BCUT2D eigenvalue weighted by Gasteiger charge is 2.27. The van der Waals surface area contributed by atoms with Crippen molar-refractivity contribution in [3.63, 3.8) is 0 Å². The summed E-state index contributed by atoms with van der Waals surface area (Å²) >= 11 is 0. The monoisotopic (exact) mass is 503 g/mol. The van der Waals surface area contributed by atoms with Gasteiger partial charge < -0.3 is 9.13 Å². The molecule has 0 N–H and O–H groups in total. The van der Waals surface area contributed by atoms with Gasteiger partial charge in [-0.1, -0.05) is 114 Å². The lowest BCUT2D eigenvalue weighted by Crippen LogP contribution is -2.38. The molecule has 3 heterocycles. The first-order chi connectivity index (χ1) is 19.8. The van der Waals surface area contributed by atoms with E-state index in [1.54, 1.807) is 0 Å². The molecule has 4 heteroatoms. The maximum atomic E-state index is 6.74. The normalized spacial score (nSPS) is 12.3. The van der Waals surface area contributed by atoms with E-state index < -0.39 is 0 Å². The topological polar surface area (TPSA) is 9.86 Å². The van der Waals surface area contributed by atoms with Crippen molar-refractivity contribution in [2.24, 2.45) is 0 Å². The number of para-hydroxylation sites is 4. The number of rotatable bonds is 2. The van der Waals surface area contributed by atoms with Gasteiger partial charge in [-0.05, 0) is 40.9 Å². The number of hydrogen-bond acceptors (Lipinski definition) is 0. The summed E-state index contributed by atoms with van der Waals surface area (Å²) in [6.07, 6.45) is 0. The molecule has 9 rings (SSSR count). The second-order valence-corrected chi connectivity index (χ2v) is 10.6. The van der Waals surface area contributed by atoms with Crippen LogP contribution in [0.1, 0.15) is 0 Å². The lowest BCUT2D eigenvalue weighted by atomic mass is 9.60. The zero-order valence-corrected chi connectivity index (χ0v) is 21.7. The molecule has 0 unspecified atom stereocenters. The molecule has 0 saturated heterocycles. The molecule has 6 aromatic carbocycles. The summed E-state index contributed by atoms with van der Waals surface area (Å²) in [4.78, 5) is 0. The van der Waals surface area contributed by atoms with Gasteiger partial charge in [0.2, 0.25) is 0 Å². The highest BCUT2D eigenvalue weighted by Crippen LogP contribution is 2.37. The molecule has 0 atom stereocenters. The summed E-state index contributed by atoms with van der Waals surface area (Å²) < 4.78 is 4.83. The second-order valence-electron chi connectivity index (χ2n) is 10.6. The number of nitrogens with zero attached hydrogens (tertiary/aromatic N) is 2. The fourth-order valence-corrected chi connectivity index (χ4v) is 6.80. The summed E-state index contributed by atoms with van der Waals surface area (Å²) in [5.74, 6) is 0. The van der Waals surface area contributed by atoms with E-state index in [-0.39, 0.29) is 0 Å². The molecular formula is C36H21B2N2. The molecule has 0 fully saturated rings. The maximum absolute atomic E-state index is 6.74. The zero-order chi connectivity index (χ0) is 26.4. The van der Waals surface area contributed by atoms with E-state index in [4.69, 9.17) is 7.85 Å². The summed E-state index contributed by atoms with van der Waals surface area (Å²) in [5, 5.41) is 4.92. The fraction of sp³-hybridized carbons (Fsp3) is 0. The Hall–Kier alpha value is -4.95. The molecule has 2 nitrogen and oxygen atoms in total.